The van der Waals surface area contributed by atoms with Gasteiger partial charge < -0.3 is 10.6 Å². The monoisotopic (exact) mass is 268 g/mol. The lowest BCUT2D eigenvalue weighted by molar-refractivity contribution is -0.130. The first-order chi connectivity index (χ1) is 9.04. The molecule has 1 rings (SSSR count). The third kappa shape index (κ3) is 5.62. The van der Waals surface area contributed by atoms with Crippen LogP contribution in [0.1, 0.15) is 58.8 Å². The molecular weight excluding hydrogens is 240 g/mol. The Kier molecular flexibility index (Phi) is 6.89. The van der Waals surface area contributed by atoms with Crippen LogP contribution in [0.2, 0.25) is 0 Å². The van der Waals surface area contributed by atoms with E-state index in [1.54, 1.807) is 7.05 Å². The minimum atomic E-state index is -0.374. The van der Waals surface area contributed by atoms with Crippen molar-refractivity contribution in [1.29, 1.82) is 0 Å². The second-order valence-electron chi connectivity index (χ2n) is 5.91. The molecule has 1 aliphatic rings. The van der Waals surface area contributed by atoms with Crippen molar-refractivity contribution >= 4 is 11.8 Å². The summed E-state index contributed by atoms with van der Waals surface area (Å²) < 4.78 is 0. The molecule has 1 unspecified atom stereocenters. The summed E-state index contributed by atoms with van der Waals surface area (Å²) in [5.74, 6) is 0.628. The lowest BCUT2D eigenvalue weighted by Crippen LogP contribution is -2.47. The van der Waals surface area contributed by atoms with Gasteiger partial charge in [-0.05, 0) is 12.3 Å². The Morgan fingerprint density at radius 3 is 2.32 bits per heavy atom. The van der Waals surface area contributed by atoms with Gasteiger partial charge in [-0.25, -0.2) is 0 Å². The number of hydrogen-bond acceptors (Lipinski definition) is 2. The third-order valence-corrected chi connectivity index (χ3v) is 3.98. The summed E-state index contributed by atoms with van der Waals surface area (Å²) in [4.78, 5) is 23.5. The highest BCUT2D eigenvalue weighted by Crippen LogP contribution is 2.29. The highest BCUT2D eigenvalue weighted by molar-refractivity contribution is 5.88. The van der Waals surface area contributed by atoms with Gasteiger partial charge in [0.15, 0.2) is 0 Å². The molecule has 4 nitrogen and oxygen atoms in total. The molecular formula is C15H28N2O2. The molecule has 0 heterocycles. The standard InChI is InChI=1S/C15H28N2O2/c1-11(2)14(18)17-13(15(19)16-3)10-6-9-12-7-4-5-8-12/h11-13H,4-10H2,1-3H3,(H,16,19)(H,17,18). The molecule has 0 spiro atoms. The molecule has 0 aromatic carbocycles. The zero-order valence-corrected chi connectivity index (χ0v) is 12.5. The third-order valence-electron chi connectivity index (χ3n) is 3.98. The minimum Gasteiger partial charge on any atom is -0.357 e. The molecule has 2 amide bonds. The molecule has 1 saturated carbocycles. The lowest BCUT2D eigenvalue weighted by Gasteiger charge is -2.19. The van der Waals surface area contributed by atoms with Gasteiger partial charge in [0.25, 0.3) is 0 Å². The predicted octanol–water partition coefficient (Wildman–Crippen LogP) is 2.23. The minimum absolute atomic E-state index is 0.0468. The maximum Gasteiger partial charge on any atom is 0.242 e. The Morgan fingerprint density at radius 2 is 1.79 bits per heavy atom. The van der Waals surface area contributed by atoms with Crippen molar-refractivity contribution in [3.05, 3.63) is 0 Å². The Morgan fingerprint density at radius 1 is 1.16 bits per heavy atom. The van der Waals surface area contributed by atoms with E-state index >= 15 is 0 Å². The summed E-state index contributed by atoms with van der Waals surface area (Å²) in [5, 5.41) is 5.48. The van der Waals surface area contributed by atoms with Crippen molar-refractivity contribution in [2.75, 3.05) is 7.05 Å². The second-order valence-corrected chi connectivity index (χ2v) is 5.91. The predicted molar refractivity (Wildman–Crippen MR) is 76.6 cm³/mol. The molecule has 1 atom stereocenters. The number of carbonyl (C=O) groups excluding carboxylic acids is 2. The summed E-state index contributed by atoms with van der Waals surface area (Å²) in [6, 6.07) is -0.374. The molecule has 2 N–H and O–H groups in total. The molecule has 0 aromatic heterocycles. The normalized spacial score (nSPS) is 17.5. The van der Waals surface area contributed by atoms with E-state index in [9.17, 15) is 9.59 Å². The molecule has 0 aromatic rings. The number of amides is 2. The molecule has 0 aliphatic heterocycles. The van der Waals surface area contributed by atoms with E-state index in [1.807, 2.05) is 13.8 Å². The topological polar surface area (TPSA) is 58.2 Å². The number of nitrogens with one attached hydrogen (secondary N) is 2. The average molecular weight is 268 g/mol. The SMILES string of the molecule is CNC(=O)C(CCCC1CCCC1)NC(=O)C(C)C. The van der Waals surface area contributed by atoms with Crippen molar-refractivity contribution in [3.63, 3.8) is 0 Å². The molecule has 1 fully saturated rings. The van der Waals surface area contributed by atoms with Crippen LogP contribution in [0.15, 0.2) is 0 Å². The maximum atomic E-state index is 11.8. The van der Waals surface area contributed by atoms with Gasteiger partial charge in [0, 0.05) is 13.0 Å². The van der Waals surface area contributed by atoms with Crippen LogP contribution in [0.3, 0.4) is 0 Å². The van der Waals surface area contributed by atoms with Gasteiger partial charge in [0.05, 0.1) is 0 Å². The van der Waals surface area contributed by atoms with Gasteiger partial charge in [-0.3, -0.25) is 9.59 Å². The summed E-state index contributed by atoms with van der Waals surface area (Å²) in [7, 11) is 1.62. The average Bonchev–Trinajstić information content (AvgIpc) is 2.89. The van der Waals surface area contributed by atoms with Gasteiger partial charge in [-0.15, -0.1) is 0 Å². The Balaban J connectivity index is 2.36. The molecule has 1 aliphatic carbocycles. The van der Waals surface area contributed by atoms with Crippen molar-refractivity contribution in [2.45, 2.75) is 64.8 Å². The van der Waals surface area contributed by atoms with Crippen LogP contribution < -0.4 is 10.6 Å². The Labute approximate surface area is 116 Å². The van der Waals surface area contributed by atoms with Crippen molar-refractivity contribution in [1.82, 2.24) is 10.6 Å². The molecule has 19 heavy (non-hydrogen) atoms. The van der Waals surface area contributed by atoms with E-state index in [4.69, 9.17) is 0 Å². The van der Waals surface area contributed by atoms with Gasteiger partial charge in [-0.2, -0.15) is 0 Å². The first-order valence-electron chi connectivity index (χ1n) is 7.56. The van der Waals surface area contributed by atoms with Crippen molar-refractivity contribution in [3.8, 4) is 0 Å². The summed E-state index contributed by atoms with van der Waals surface area (Å²) in [6.07, 6.45) is 8.33. The molecule has 4 heteroatoms. The number of rotatable bonds is 7. The van der Waals surface area contributed by atoms with Crippen molar-refractivity contribution < 1.29 is 9.59 Å². The number of likely N-dealkylation sites (N-methyl/N-ethyl adjacent to an activating group) is 1. The zero-order chi connectivity index (χ0) is 14.3. The van der Waals surface area contributed by atoms with Crippen LogP contribution in [0.25, 0.3) is 0 Å². The summed E-state index contributed by atoms with van der Waals surface area (Å²) >= 11 is 0. The summed E-state index contributed by atoms with van der Waals surface area (Å²) in [5.41, 5.74) is 0. The number of carbonyl (C=O) groups is 2. The zero-order valence-electron chi connectivity index (χ0n) is 12.5. The lowest BCUT2D eigenvalue weighted by atomic mass is 9.98. The van der Waals surface area contributed by atoms with E-state index < -0.39 is 0 Å². The van der Waals surface area contributed by atoms with Gasteiger partial charge in [0.2, 0.25) is 11.8 Å². The molecule has 110 valence electrons. The van der Waals surface area contributed by atoms with E-state index in [0.29, 0.717) is 0 Å². The molecule has 0 saturated heterocycles. The highest BCUT2D eigenvalue weighted by atomic mass is 16.2. The van der Waals surface area contributed by atoms with Crippen LogP contribution in [-0.4, -0.2) is 24.9 Å². The summed E-state index contributed by atoms with van der Waals surface area (Å²) in [6.45, 7) is 3.68. The maximum absolute atomic E-state index is 11.8. The van der Waals surface area contributed by atoms with E-state index in [0.717, 1.165) is 18.8 Å². The first-order valence-corrected chi connectivity index (χ1v) is 7.56. The van der Waals surface area contributed by atoms with Gasteiger partial charge in [0.1, 0.15) is 6.04 Å². The van der Waals surface area contributed by atoms with Crippen LogP contribution in [0.5, 0.6) is 0 Å². The smallest absolute Gasteiger partial charge is 0.242 e. The largest absolute Gasteiger partial charge is 0.357 e. The quantitative estimate of drug-likeness (QED) is 0.744. The fraction of sp³-hybridized carbons (Fsp3) is 0.867. The van der Waals surface area contributed by atoms with Gasteiger partial charge in [-0.1, -0.05) is 52.4 Å². The fourth-order valence-electron chi connectivity index (χ4n) is 2.69. The first kappa shape index (κ1) is 16.0. The highest BCUT2D eigenvalue weighted by Gasteiger charge is 2.22. The van der Waals surface area contributed by atoms with Crippen LogP contribution in [0, 0.1) is 11.8 Å². The molecule has 0 bridgehead atoms. The van der Waals surface area contributed by atoms with Gasteiger partial charge >= 0.3 is 0 Å². The Bertz CT molecular complexity index is 297. The Hall–Kier alpha value is -1.06. The van der Waals surface area contributed by atoms with Crippen molar-refractivity contribution in [2.24, 2.45) is 11.8 Å². The number of hydrogen-bond donors (Lipinski definition) is 2. The van der Waals surface area contributed by atoms with Crippen LogP contribution in [0.4, 0.5) is 0 Å². The van der Waals surface area contributed by atoms with E-state index in [-0.39, 0.29) is 23.8 Å². The fourth-order valence-corrected chi connectivity index (χ4v) is 2.69. The van der Waals surface area contributed by atoms with E-state index in [2.05, 4.69) is 10.6 Å². The van der Waals surface area contributed by atoms with Crippen LogP contribution in [-0.2, 0) is 9.59 Å². The van der Waals surface area contributed by atoms with E-state index in [1.165, 1.54) is 32.1 Å². The van der Waals surface area contributed by atoms with Crippen LogP contribution >= 0.6 is 0 Å². The second kappa shape index (κ2) is 8.18. The molecule has 0 radical (unpaired) electrons.